The first-order valence-corrected chi connectivity index (χ1v) is 16.0. The highest BCUT2D eigenvalue weighted by Gasteiger charge is 2.51. The van der Waals surface area contributed by atoms with Crippen molar-refractivity contribution in [2.45, 2.75) is 56.3 Å². The summed E-state index contributed by atoms with van der Waals surface area (Å²) in [4.78, 5) is 28.8. The number of piperidine rings is 1. The number of terminal acetylenes is 1. The van der Waals surface area contributed by atoms with Crippen LogP contribution in [0.2, 0.25) is 0 Å². The van der Waals surface area contributed by atoms with Crippen molar-refractivity contribution in [2.24, 2.45) is 5.41 Å². The Morgan fingerprint density at radius 1 is 1.19 bits per heavy atom. The number of hydrogen-bond acceptors (Lipinski definition) is 8. The lowest BCUT2D eigenvalue weighted by Crippen LogP contribution is -2.44. The fourth-order valence-corrected chi connectivity index (χ4v) is 8.46. The van der Waals surface area contributed by atoms with Crippen molar-refractivity contribution in [2.75, 3.05) is 32.8 Å². The largest absolute Gasteiger partial charge is 0.508 e. The number of phenols is 1. The number of rotatable bonds is 5. The zero-order valence-electron chi connectivity index (χ0n) is 25.6. The third kappa shape index (κ3) is 4.78. The van der Waals surface area contributed by atoms with Crippen LogP contribution in [0.1, 0.15) is 55.8 Å². The lowest BCUT2D eigenvalue weighted by molar-refractivity contribution is -0.119. The van der Waals surface area contributed by atoms with E-state index in [0.29, 0.717) is 30.6 Å². The molecule has 4 saturated heterocycles. The molecule has 4 aliphatic rings. The van der Waals surface area contributed by atoms with E-state index in [1.165, 1.54) is 30.5 Å². The minimum atomic E-state index is -0.958. The number of aromatic hydroxyl groups is 1. The van der Waals surface area contributed by atoms with Gasteiger partial charge in [0.2, 0.25) is 5.91 Å². The van der Waals surface area contributed by atoms with E-state index in [2.05, 4.69) is 31.4 Å². The van der Waals surface area contributed by atoms with Gasteiger partial charge in [-0.1, -0.05) is 12.0 Å². The molecular weight excluding hydrogens is 609 g/mol. The van der Waals surface area contributed by atoms with E-state index in [1.54, 1.807) is 0 Å². The highest BCUT2D eigenvalue weighted by atomic mass is 19.1. The zero-order valence-corrected chi connectivity index (χ0v) is 25.6. The first-order chi connectivity index (χ1) is 22.7. The van der Waals surface area contributed by atoms with Gasteiger partial charge < -0.3 is 20.5 Å². The number of nitrogens with zero attached hydrogens (tertiary/aromatic N) is 4. The summed E-state index contributed by atoms with van der Waals surface area (Å²) in [6.45, 7) is 2.65. The predicted octanol–water partition coefficient (Wildman–Crippen LogP) is 4.70. The number of carbonyl (C=O) groups excluding carboxylic acids is 1. The smallest absolute Gasteiger partial charge is 0.317 e. The van der Waals surface area contributed by atoms with Gasteiger partial charge in [0.15, 0.2) is 5.82 Å². The lowest BCUT2D eigenvalue weighted by Gasteiger charge is -2.38. The zero-order chi connectivity index (χ0) is 32.5. The van der Waals surface area contributed by atoms with Crippen LogP contribution in [0, 0.1) is 29.4 Å². The van der Waals surface area contributed by atoms with Gasteiger partial charge in [-0.05, 0) is 62.4 Å². The van der Waals surface area contributed by atoms with Gasteiger partial charge in [0.1, 0.15) is 35.6 Å². The molecule has 2 aromatic carbocycles. The molecule has 2 unspecified atom stereocenters. The van der Waals surface area contributed by atoms with Crippen LogP contribution in [0.15, 0.2) is 30.5 Å². The average Bonchev–Trinajstić information content (AvgIpc) is 3.69. The molecule has 3 N–H and O–H groups in total. The van der Waals surface area contributed by atoms with Gasteiger partial charge in [-0.2, -0.15) is 9.97 Å². The normalized spacial score (nSPS) is 27.4. The Hall–Kier alpha value is -4.47. The minimum absolute atomic E-state index is 0.0882. The average molecular weight is 643 g/mol. The Morgan fingerprint density at radius 3 is 2.87 bits per heavy atom. The van der Waals surface area contributed by atoms with Crippen LogP contribution in [0.4, 0.5) is 13.2 Å². The maximum Gasteiger partial charge on any atom is 0.317 e. The van der Waals surface area contributed by atoms with Crippen LogP contribution in [0.3, 0.4) is 0 Å². The number of halogens is 3. The number of carbonyl (C=O) groups is 1. The Morgan fingerprint density at radius 2 is 2.06 bits per heavy atom. The summed E-state index contributed by atoms with van der Waals surface area (Å²) in [7, 11) is 0. The number of aromatic nitrogens is 3. The molecule has 4 fully saturated rings. The van der Waals surface area contributed by atoms with E-state index >= 15 is 4.39 Å². The highest BCUT2D eigenvalue weighted by molar-refractivity contribution is 6.02. The maximum absolute atomic E-state index is 16.9. The number of alkyl halides is 1. The van der Waals surface area contributed by atoms with Crippen molar-refractivity contribution in [1.82, 2.24) is 30.5 Å². The van der Waals surface area contributed by atoms with Crippen LogP contribution < -0.4 is 15.4 Å². The van der Waals surface area contributed by atoms with Crippen molar-refractivity contribution in [3.63, 3.8) is 0 Å². The monoisotopic (exact) mass is 642 g/mol. The van der Waals surface area contributed by atoms with Gasteiger partial charge >= 0.3 is 6.01 Å². The fourth-order valence-electron chi connectivity index (χ4n) is 8.46. The number of amides is 1. The van der Waals surface area contributed by atoms with Gasteiger partial charge in [0.05, 0.1) is 22.8 Å². The Labute approximate surface area is 268 Å². The fraction of sp³-hybridized carbons (Fsp3) is 0.429. The molecule has 6 heterocycles. The van der Waals surface area contributed by atoms with E-state index in [-0.39, 0.29) is 63.8 Å². The number of ether oxygens (including phenoxy) is 1. The molecule has 12 heteroatoms. The number of benzene rings is 2. The molecule has 4 aromatic rings. The molecule has 47 heavy (non-hydrogen) atoms. The van der Waals surface area contributed by atoms with Crippen LogP contribution in [0.25, 0.3) is 32.9 Å². The predicted molar refractivity (Wildman–Crippen MR) is 168 cm³/mol. The molecular formula is C35H33F3N6O3. The molecule has 4 aliphatic heterocycles. The van der Waals surface area contributed by atoms with Crippen molar-refractivity contribution in [3.05, 3.63) is 53.4 Å². The number of fused-ring (bicyclic) bond motifs is 3. The van der Waals surface area contributed by atoms with Gasteiger partial charge in [0.25, 0.3) is 0 Å². The number of nitrogens with one attached hydrogen (secondary N) is 2. The Balaban J connectivity index is 1.31. The quantitative estimate of drug-likeness (QED) is 0.269. The summed E-state index contributed by atoms with van der Waals surface area (Å²) < 4.78 is 52.5. The molecule has 0 bridgehead atoms. The van der Waals surface area contributed by atoms with Gasteiger partial charge in [-0.15, -0.1) is 6.42 Å². The van der Waals surface area contributed by atoms with Gasteiger partial charge in [-0.25, -0.2) is 13.2 Å². The van der Waals surface area contributed by atoms with E-state index in [4.69, 9.17) is 16.1 Å². The van der Waals surface area contributed by atoms with E-state index in [1.807, 2.05) is 0 Å². The molecule has 0 saturated carbocycles. The van der Waals surface area contributed by atoms with E-state index in [0.717, 1.165) is 38.8 Å². The van der Waals surface area contributed by atoms with Crippen LogP contribution in [-0.4, -0.2) is 75.4 Å². The highest BCUT2D eigenvalue weighted by Crippen LogP contribution is 2.48. The summed E-state index contributed by atoms with van der Waals surface area (Å²) in [6.07, 6.45) is 10.1. The topological polar surface area (TPSA) is 112 Å². The Bertz CT molecular complexity index is 1990. The van der Waals surface area contributed by atoms with Crippen LogP contribution in [-0.2, 0) is 4.79 Å². The van der Waals surface area contributed by atoms with E-state index in [9.17, 15) is 18.7 Å². The molecule has 0 radical (unpaired) electrons. The van der Waals surface area contributed by atoms with Crippen LogP contribution >= 0.6 is 0 Å². The molecule has 242 valence electrons. The summed E-state index contributed by atoms with van der Waals surface area (Å²) >= 11 is 0. The molecule has 8 rings (SSSR count). The summed E-state index contributed by atoms with van der Waals surface area (Å²) in [5.41, 5.74) is -0.919. The first-order valence-electron chi connectivity index (χ1n) is 16.0. The van der Waals surface area contributed by atoms with Gasteiger partial charge in [-0.3, -0.25) is 14.7 Å². The number of hydrogen-bond donors (Lipinski definition) is 3. The summed E-state index contributed by atoms with van der Waals surface area (Å²) in [6, 6.07) is 4.69. The van der Waals surface area contributed by atoms with Crippen LogP contribution in [0.5, 0.6) is 11.8 Å². The molecule has 1 amide bonds. The molecule has 9 nitrogen and oxygen atoms in total. The summed E-state index contributed by atoms with van der Waals surface area (Å²) in [5.74, 6) is 0.526. The minimum Gasteiger partial charge on any atom is -0.508 e. The van der Waals surface area contributed by atoms with E-state index < -0.39 is 34.8 Å². The first kappa shape index (κ1) is 29.9. The summed E-state index contributed by atoms with van der Waals surface area (Å²) in [5, 5.41) is 18.0. The molecule has 2 aromatic heterocycles. The second-order valence-electron chi connectivity index (χ2n) is 13.4. The standard InChI is InChI=1S/C35H33F3N6O3/c1-2-22-25(37)6-5-19-11-21(45)12-23(27(19)22)29-28(38)30-24(15-40-29)31(32-34(14-26(46)41-32)7-3-9-39-17-34)43-33(42-30)47-18-35-8-4-10-44(35)16-20(36)13-35/h1,5-6,11-12,15,20,32,39,45H,3-4,7-10,13-14,16-18H2,(H,41,46)/t20-,32?,34?,35+/m1/s1. The number of pyridine rings is 1. The van der Waals surface area contributed by atoms with Crippen molar-refractivity contribution >= 4 is 27.6 Å². The lowest BCUT2D eigenvalue weighted by atomic mass is 9.73. The van der Waals surface area contributed by atoms with Gasteiger partial charge in [0, 0.05) is 53.9 Å². The second kappa shape index (κ2) is 11.1. The second-order valence-corrected chi connectivity index (χ2v) is 13.4. The third-order valence-electron chi connectivity index (χ3n) is 10.6. The van der Waals surface area contributed by atoms with Crippen molar-refractivity contribution < 1.29 is 27.8 Å². The SMILES string of the molecule is C#Cc1c(F)ccc2cc(O)cc(-c3ncc4c(C5NC(=O)CC56CCCNC6)nc(OC[C@@]56CCCN5C[C@H](F)C6)nc4c3F)c12. The van der Waals surface area contributed by atoms with Crippen molar-refractivity contribution in [1.29, 1.82) is 0 Å². The molecule has 1 spiro atoms. The number of phenolic OH excluding ortho intramolecular Hbond substituents is 1. The Kier molecular flexibility index (Phi) is 7.04. The van der Waals surface area contributed by atoms with Crippen molar-refractivity contribution in [3.8, 4) is 35.4 Å². The molecule has 0 aliphatic carbocycles. The maximum atomic E-state index is 16.9. The third-order valence-corrected chi connectivity index (χ3v) is 10.6. The molecule has 4 atom stereocenters.